The van der Waals surface area contributed by atoms with Crippen LogP contribution in [0.3, 0.4) is 0 Å². The number of nitrogens with zero attached hydrogens (tertiary/aromatic N) is 2. The molecule has 0 bridgehead atoms. The summed E-state index contributed by atoms with van der Waals surface area (Å²) in [6.45, 7) is 2.66. The molecule has 7 heteroatoms. The Hall–Kier alpha value is -2.02. The number of ether oxygens (including phenoxy) is 1. The number of rotatable bonds is 4. The number of piperidine rings is 1. The number of hydrogen-bond donors (Lipinski definition) is 0. The van der Waals surface area contributed by atoms with Gasteiger partial charge in [0, 0.05) is 23.1 Å². The van der Waals surface area contributed by atoms with Crippen LogP contribution in [-0.2, 0) is 11.3 Å². The number of aromatic nitrogens is 1. The molecule has 1 aromatic heterocycles. The van der Waals surface area contributed by atoms with Crippen molar-refractivity contribution < 1.29 is 22.7 Å². The van der Waals surface area contributed by atoms with Crippen molar-refractivity contribution in [3.05, 3.63) is 35.5 Å². The van der Waals surface area contributed by atoms with Crippen LogP contribution in [-0.4, -0.2) is 48.4 Å². The first-order valence-corrected chi connectivity index (χ1v) is 8.75. The molecular weight excluding hydrogens is 345 g/mol. The smallest absolute Gasteiger partial charge is 0.401 e. The van der Waals surface area contributed by atoms with E-state index in [2.05, 4.69) is 4.57 Å². The van der Waals surface area contributed by atoms with Crippen molar-refractivity contribution in [3.8, 4) is 0 Å². The summed E-state index contributed by atoms with van der Waals surface area (Å²) in [6, 6.07) is 7.67. The SMILES string of the molecule is COC(=O)c1c(C)n(CC2CCN(CC(F)(F)F)CC2)c2ccccc12. The second-order valence-electron chi connectivity index (χ2n) is 6.91. The van der Waals surface area contributed by atoms with Crippen LogP contribution in [0.1, 0.15) is 28.9 Å². The fraction of sp³-hybridized carbons (Fsp3) is 0.526. The largest absolute Gasteiger partial charge is 0.465 e. The third-order valence-corrected chi connectivity index (χ3v) is 5.17. The molecule has 0 radical (unpaired) electrons. The molecule has 142 valence electrons. The molecule has 0 aliphatic carbocycles. The summed E-state index contributed by atoms with van der Waals surface area (Å²) in [5, 5.41) is 0.853. The van der Waals surface area contributed by atoms with Gasteiger partial charge < -0.3 is 9.30 Å². The molecule has 1 saturated heterocycles. The summed E-state index contributed by atoms with van der Waals surface area (Å²) >= 11 is 0. The third-order valence-electron chi connectivity index (χ3n) is 5.17. The molecule has 1 aliphatic heterocycles. The quantitative estimate of drug-likeness (QED) is 0.765. The maximum absolute atomic E-state index is 12.5. The fourth-order valence-electron chi connectivity index (χ4n) is 3.86. The average Bonchev–Trinajstić information content (AvgIpc) is 2.87. The van der Waals surface area contributed by atoms with Gasteiger partial charge in [0.1, 0.15) is 0 Å². The van der Waals surface area contributed by atoms with Crippen molar-refractivity contribution in [2.45, 2.75) is 32.5 Å². The van der Waals surface area contributed by atoms with E-state index in [4.69, 9.17) is 4.74 Å². The van der Waals surface area contributed by atoms with Crippen LogP contribution in [0.2, 0.25) is 0 Å². The highest BCUT2D eigenvalue weighted by atomic mass is 19.4. The highest BCUT2D eigenvalue weighted by Gasteiger charge is 2.33. The molecule has 1 aliphatic rings. The summed E-state index contributed by atoms with van der Waals surface area (Å²) < 4.78 is 44.6. The predicted molar refractivity (Wildman–Crippen MR) is 93.2 cm³/mol. The van der Waals surface area contributed by atoms with Crippen LogP contribution in [0.25, 0.3) is 10.9 Å². The summed E-state index contributed by atoms with van der Waals surface area (Å²) in [7, 11) is 1.37. The van der Waals surface area contributed by atoms with Gasteiger partial charge in [0.15, 0.2) is 0 Å². The van der Waals surface area contributed by atoms with E-state index in [1.54, 1.807) is 0 Å². The van der Waals surface area contributed by atoms with E-state index < -0.39 is 12.7 Å². The van der Waals surface area contributed by atoms with Crippen LogP contribution in [0.4, 0.5) is 13.2 Å². The monoisotopic (exact) mass is 368 g/mol. The Bertz CT molecular complexity index is 790. The van der Waals surface area contributed by atoms with Crippen molar-refractivity contribution in [1.82, 2.24) is 9.47 Å². The van der Waals surface area contributed by atoms with Gasteiger partial charge in [0.05, 0.1) is 19.2 Å². The number of alkyl halides is 3. The molecule has 1 fully saturated rings. The molecule has 0 saturated carbocycles. The second kappa shape index (κ2) is 7.31. The first kappa shape index (κ1) is 18.8. The van der Waals surface area contributed by atoms with Crippen LogP contribution >= 0.6 is 0 Å². The molecule has 4 nitrogen and oxygen atoms in total. The summed E-state index contributed by atoms with van der Waals surface area (Å²) in [5.74, 6) is -0.0723. The topological polar surface area (TPSA) is 34.5 Å². The zero-order valence-corrected chi connectivity index (χ0v) is 15.0. The number of hydrogen-bond acceptors (Lipinski definition) is 3. The number of para-hydroxylation sites is 1. The predicted octanol–water partition coefficient (Wildman–Crippen LogP) is 4.01. The Balaban J connectivity index is 1.78. The van der Waals surface area contributed by atoms with Gasteiger partial charge in [-0.15, -0.1) is 0 Å². The standard InChI is InChI=1S/C19H23F3N2O2/c1-13-17(18(25)26-2)15-5-3-4-6-16(15)24(13)11-14-7-9-23(10-8-14)12-19(20,21)22/h3-6,14H,7-12H2,1-2H3. The van der Waals surface area contributed by atoms with Crippen molar-refractivity contribution >= 4 is 16.9 Å². The highest BCUT2D eigenvalue weighted by Crippen LogP contribution is 2.30. The zero-order valence-electron chi connectivity index (χ0n) is 15.0. The van der Waals surface area contributed by atoms with Crippen molar-refractivity contribution in [1.29, 1.82) is 0 Å². The zero-order chi connectivity index (χ0) is 18.9. The molecule has 1 aromatic carbocycles. The Morgan fingerprint density at radius 2 is 1.88 bits per heavy atom. The van der Waals surface area contributed by atoms with Gasteiger partial charge in [-0.05, 0) is 44.8 Å². The van der Waals surface area contributed by atoms with Gasteiger partial charge in [-0.1, -0.05) is 18.2 Å². The molecule has 0 atom stereocenters. The average molecular weight is 368 g/mol. The van der Waals surface area contributed by atoms with Gasteiger partial charge in [-0.25, -0.2) is 4.79 Å². The van der Waals surface area contributed by atoms with Crippen molar-refractivity contribution in [2.75, 3.05) is 26.7 Å². The van der Waals surface area contributed by atoms with E-state index in [0.717, 1.165) is 29.4 Å². The molecule has 2 aromatic rings. The number of carbonyl (C=O) groups excluding carboxylic acids is 1. The number of carbonyl (C=O) groups is 1. The van der Waals surface area contributed by atoms with E-state index in [-0.39, 0.29) is 5.97 Å². The first-order chi connectivity index (χ1) is 12.3. The van der Waals surface area contributed by atoms with E-state index in [9.17, 15) is 18.0 Å². The Morgan fingerprint density at radius 1 is 1.23 bits per heavy atom. The van der Waals surface area contributed by atoms with E-state index in [1.165, 1.54) is 12.0 Å². The van der Waals surface area contributed by atoms with E-state index in [0.29, 0.717) is 31.1 Å². The van der Waals surface area contributed by atoms with Gasteiger partial charge in [-0.2, -0.15) is 13.2 Å². The van der Waals surface area contributed by atoms with Crippen molar-refractivity contribution in [2.24, 2.45) is 5.92 Å². The van der Waals surface area contributed by atoms with Crippen LogP contribution in [0.5, 0.6) is 0 Å². The summed E-state index contributed by atoms with van der Waals surface area (Å²) in [4.78, 5) is 13.7. The van der Waals surface area contributed by atoms with E-state index >= 15 is 0 Å². The number of esters is 1. The lowest BCUT2D eigenvalue weighted by atomic mass is 9.96. The first-order valence-electron chi connectivity index (χ1n) is 8.75. The van der Waals surface area contributed by atoms with Gasteiger partial charge in [-0.3, -0.25) is 4.90 Å². The molecule has 0 spiro atoms. The van der Waals surface area contributed by atoms with Crippen molar-refractivity contribution in [3.63, 3.8) is 0 Å². The minimum absolute atomic E-state index is 0.291. The van der Waals surface area contributed by atoms with Crippen LogP contribution < -0.4 is 0 Å². The second-order valence-corrected chi connectivity index (χ2v) is 6.91. The fourth-order valence-corrected chi connectivity index (χ4v) is 3.86. The molecular formula is C19H23F3N2O2. The van der Waals surface area contributed by atoms with Gasteiger partial charge in [0.25, 0.3) is 0 Å². The normalized spacial score (nSPS) is 17.0. The number of likely N-dealkylation sites (tertiary alicyclic amines) is 1. The molecule has 26 heavy (non-hydrogen) atoms. The maximum Gasteiger partial charge on any atom is 0.401 e. The molecule has 0 unspecified atom stereocenters. The summed E-state index contributed by atoms with van der Waals surface area (Å²) in [6.07, 6.45) is -2.71. The van der Waals surface area contributed by atoms with Crippen LogP contribution in [0, 0.1) is 12.8 Å². The number of fused-ring (bicyclic) bond motifs is 1. The minimum Gasteiger partial charge on any atom is -0.465 e. The lowest BCUT2D eigenvalue weighted by Gasteiger charge is -2.32. The molecule has 0 N–H and O–H groups in total. The molecule has 0 amide bonds. The number of methoxy groups -OCH3 is 1. The number of halogens is 3. The number of benzene rings is 1. The summed E-state index contributed by atoms with van der Waals surface area (Å²) in [5.41, 5.74) is 2.37. The Labute approximate surface area is 150 Å². The Morgan fingerprint density at radius 3 is 2.50 bits per heavy atom. The lowest BCUT2D eigenvalue weighted by Crippen LogP contribution is -2.40. The van der Waals surface area contributed by atoms with Gasteiger partial charge >= 0.3 is 12.1 Å². The minimum atomic E-state index is -4.14. The molecule has 2 heterocycles. The highest BCUT2D eigenvalue weighted by molar-refractivity contribution is 6.05. The maximum atomic E-state index is 12.5. The lowest BCUT2D eigenvalue weighted by molar-refractivity contribution is -0.148. The van der Waals surface area contributed by atoms with Crippen LogP contribution in [0.15, 0.2) is 24.3 Å². The molecule has 3 rings (SSSR count). The van der Waals surface area contributed by atoms with E-state index in [1.807, 2.05) is 31.2 Å². The third kappa shape index (κ3) is 3.87. The van der Waals surface area contributed by atoms with Gasteiger partial charge in [0.2, 0.25) is 0 Å². The Kier molecular flexibility index (Phi) is 5.27.